The molecule has 0 radical (unpaired) electrons. The molecule has 2 amide bonds. The predicted octanol–water partition coefficient (Wildman–Crippen LogP) is 2.22. The lowest BCUT2D eigenvalue weighted by molar-refractivity contribution is -0.384. The van der Waals surface area contributed by atoms with Crippen LogP contribution in [0, 0.1) is 10.1 Å². The summed E-state index contributed by atoms with van der Waals surface area (Å²) in [7, 11) is 0. The summed E-state index contributed by atoms with van der Waals surface area (Å²) in [5.74, 6) is 0.224. The van der Waals surface area contributed by atoms with E-state index in [0.29, 0.717) is 30.3 Å². The third-order valence-electron chi connectivity index (χ3n) is 4.28. The number of hydrogen-bond donors (Lipinski definition) is 2. The van der Waals surface area contributed by atoms with Gasteiger partial charge in [-0.15, -0.1) is 0 Å². The number of ether oxygens (including phenoxy) is 1. The quantitative estimate of drug-likeness (QED) is 0.510. The molecule has 146 valence electrons. The maximum absolute atomic E-state index is 12.1. The zero-order chi connectivity index (χ0) is 19.9. The van der Waals surface area contributed by atoms with E-state index in [1.165, 1.54) is 24.3 Å². The number of carbonyl (C=O) groups is 2. The van der Waals surface area contributed by atoms with Crippen molar-refractivity contribution >= 4 is 17.5 Å². The number of carbonyl (C=O) groups excluding carboxylic acids is 2. The van der Waals surface area contributed by atoms with Crippen molar-refractivity contribution < 1.29 is 19.2 Å². The summed E-state index contributed by atoms with van der Waals surface area (Å²) in [6, 6.07) is 13.1. The van der Waals surface area contributed by atoms with E-state index in [4.69, 9.17) is 4.74 Å². The summed E-state index contributed by atoms with van der Waals surface area (Å²) in [4.78, 5) is 33.8. The molecule has 2 aromatic carbocycles. The molecular weight excluding hydrogens is 362 g/mol. The average Bonchev–Trinajstić information content (AvgIpc) is 3.51. The normalized spacial score (nSPS) is 12.9. The Hall–Kier alpha value is -3.42. The molecule has 3 rings (SSSR count). The lowest BCUT2D eigenvalue weighted by Gasteiger charge is -2.08. The fourth-order valence-electron chi connectivity index (χ4n) is 2.56. The van der Waals surface area contributed by atoms with Gasteiger partial charge in [0, 0.05) is 30.3 Å². The van der Waals surface area contributed by atoms with Gasteiger partial charge in [0.25, 0.3) is 17.5 Å². The zero-order valence-electron chi connectivity index (χ0n) is 15.2. The average molecular weight is 383 g/mol. The number of nitro benzene ring substituents is 1. The van der Waals surface area contributed by atoms with E-state index in [0.717, 1.165) is 18.4 Å². The van der Waals surface area contributed by atoms with Gasteiger partial charge in [0.2, 0.25) is 0 Å². The molecule has 0 spiro atoms. The molecule has 1 aliphatic rings. The van der Waals surface area contributed by atoms with Crippen LogP contribution in [0.4, 0.5) is 5.69 Å². The molecule has 1 aliphatic carbocycles. The third-order valence-corrected chi connectivity index (χ3v) is 4.28. The first-order chi connectivity index (χ1) is 13.5. The molecule has 0 heterocycles. The van der Waals surface area contributed by atoms with Gasteiger partial charge in [0.1, 0.15) is 5.75 Å². The number of nitro groups is 1. The van der Waals surface area contributed by atoms with Crippen LogP contribution in [0.3, 0.4) is 0 Å². The fraction of sp³-hybridized carbons (Fsp3) is 0.300. The van der Waals surface area contributed by atoms with Crippen LogP contribution >= 0.6 is 0 Å². The molecule has 0 atom stereocenters. The molecule has 1 fully saturated rings. The predicted molar refractivity (Wildman–Crippen MR) is 102 cm³/mol. The van der Waals surface area contributed by atoms with Gasteiger partial charge >= 0.3 is 0 Å². The topological polar surface area (TPSA) is 111 Å². The van der Waals surface area contributed by atoms with E-state index in [1.807, 2.05) is 12.1 Å². The molecule has 8 nitrogen and oxygen atoms in total. The summed E-state index contributed by atoms with van der Waals surface area (Å²) < 4.78 is 5.45. The smallest absolute Gasteiger partial charge is 0.269 e. The Bertz CT molecular complexity index is 845. The highest BCUT2D eigenvalue weighted by Crippen LogP contribution is 2.18. The van der Waals surface area contributed by atoms with Crippen molar-refractivity contribution in [1.82, 2.24) is 10.6 Å². The first kappa shape index (κ1) is 19.3. The van der Waals surface area contributed by atoms with Crippen LogP contribution in [0.5, 0.6) is 5.75 Å². The SMILES string of the molecule is O=C(COc1ccc(CCNC(=O)c2ccc([N+](=O)[O-])cc2)cc1)NC1CC1. The van der Waals surface area contributed by atoms with Crippen molar-refractivity contribution in [3.8, 4) is 5.75 Å². The van der Waals surface area contributed by atoms with E-state index in [9.17, 15) is 19.7 Å². The van der Waals surface area contributed by atoms with Crippen LogP contribution in [0.15, 0.2) is 48.5 Å². The molecule has 8 heteroatoms. The standard InChI is InChI=1S/C20H21N3O5/c24-19(22-16-5-6-16)13-28-18-9-1-14(2-10-18)11-12-21-20(25)15-3-7-17(8-4-15)23(26)27/h1-4,7-10,16H,5-6,11-13H2,(H,21,25)(H,22,24). The number of amides is 2. The van der Waals surface area contributed by atoms with E-state index in [1.54, 1.807) is 12.1 Å². The molecule has 2 N–H and O–H groups in total. The lowest BCUT2D eigenvalue weighted by Crippen LogP contribution is -2.30. The summed E-state index contributed by atoms with van der Waals surface area (Å²) in [6.07, 6.45) is 2.71. The highest BCUT2D eigenvalue weighted by Gasteiger charge is 2.23. The highest BCUT2D eigenvalue weighted by atomic mass is 16.6. The summed E-state index contributed by atoms with van der Waals surface area (Å²) >= 11 is 0. The number of non-ortho nitro benzene ring substituents is 1. The second kappa shape index (κ2) is 8.98. The Kier molecular flexibility index (Phi) is 6.21. The molecule has 1 saturated carbocycles. The summed E-state index contributed by atoms with van der Waals surface area (Å²) in [5.41, 5.74) is 1.33. The van der Waals surface area contributed by atoms with Crippen LogP contribution in [0.25, 0.3) is 0 Å². The molecule has 0 aliphatic heterocycles. The van der Waals surface area contributed by atoms with Crippen molar-refractivity contribution in [3.05, 3.63) is 69.8 Å². The maximum Gasteiger partial charge on any atom is 0.269 e. The van der Waals surface area contributed by atoms with Crippen molar-refractivity contribution in [3.63, 3.8) is 0 Å². The summed E-state index contributed by atoms with van der Waals surface area (Å²) in [5, 5.41) is 16.3. The maximum atomic E-state index is 12.1. The summed E-state index contributed by atoms with van der Waals surface area (Å²) in [6.45, 7) is 0.432. The van der Waals surface area contributed by atoms with Gasteiger partial charge in [-0.05, 0) is 49.1 Å². The fourth-order valence-corrected chi connectivity index (χ4v) is 2.56. The van der Waals surface area contributed by atoms with Crippen LogP contribution in [0.1, 0.15) is 28.8 Å². The van der Waals surface area contributed by atoms with Crippen LogP contribution in [-0.2, 0) is 11.2 Å². The minimum Gasteiger partial charge on any atom is -0.484 e. The molecule has 2 aromatic rings. The van der Waals surface area contributed by atoms with Gasteiger partial charge in [-0.3, -0.25) is 19.7 Å². The van der Waals surface area contributed by atoms with Crippen LogP contribution in [0.2, 0.25) is 0 Å². The largest absolute Gasteiger partial charge is 0.484 e. The van der Waals surface area contributed by atoms with Gasteiger partial charge in [-0.25, -0.2) is 0 Å². The molecule has 0 unspecified atom stereocenters. The number of benzene rings is 2. The second-order valence-electron chi connectivity index (χ2n) is 6.58. The second-order valence-corrected chi connectivity index (χ2v) is 6.58. The van der Waals surface area contributed by atoms with Gasteiger partial charge in [0.15, 0.2) is 6.61 Å². The van der Waals surface area contributed by atoms with Gasteiger partial charge in [-0.1, -0.05) is 12.1 Å². The Balaban J connectivity index is 1.39. The van der Waals surface area contributed by atoms with Crippen molar-refractivity contribution in [1.29, 1.82) is 0 Å². The van der Waals surface area contributed by atoms with E-state index >= 15 is 0 Å². The van der Waals surface area contributed by atoms with Crippen LogP contribution < -0.4 is 15.4 Å². The number of rotatable bonds is 9. The number of nitrogens with zero attached hydrogens (tertiary/aromatic N) is 1. The zero-order valence-corrected chi connectivity index (χ0v) is 15.2. The monoisotopic (exact) mass is 383 g/mol. The minimum atomic E-state index is -0.505. The van der Waals surface area contributed by atoms with Gasteiger partial charge in [-0.2, -0.15) is 0 Å². The van der Waals surface area contributed by atoms with Crippen molar-refractivity contribution in [2.45, 2.75) is 25.3 Å². The minimum absolute atomic E-state index is 0.00113. The molecule has 0 aromatic heterocycles. The van der Waals surface area contributed by atoms with Gasteiger partial charge < -0.3 is 15.4 Å². The van der Waals surface area contributed by atoms with Crippen molar-refractivity contribution in [2.75, 3.05) is 13.2 Å². The Morgan fingerprint density at radius 2 is 1.75 bits per heavy atom. The van der Waals surface area contributed by atoms with E-state index in [2.05, 4.69) is 10.6 Å². The highest BCUT2D eigenvalue weighted by molar-refractivity contribution is 5.94. The molecule has 0 bridgehead atoms. The third kappa shape index (κ3) is 5.80. The number of hydrogen-bond acceptors (Lipinski definition) is 5. The van der Waals surface area contributed by atoms with Crippen molar-refractivity contribution in [2.24, 2.45) is 0 Å². The van der Waals surface area contributed by atoms with E-state index < -0.39 is 4.92 Å². The Morgan fingerprint density at radius 3 is 2.36 bits per heavy atom. The molecule has 0 saturated heterocycles. The Labute approximate surface area is 162 Å². The number of nitrogens with one attached hydrogen (secondary N) is 2. The molecule has 28 heavy (non-hydrogen) atoms. The first-order valence-corrected chi connectivity index (χ1v) is 9.05. The molecular formula is C20H21N3O5. The van der Waals surface area contributed by atoms with E-state index in [-0.39, 0.29) is 24.1 Å². The van der Waals surface area contributed by atoms with Gasteiger partial charge in [0.05, 0.1) is 4.92 Å². The Morgan fingerprint density at radius 1 is 1.07 bits per heavy atom. The van der Waals surface area contributed by atoms with Crippen LogP contribution in [-0.4, -0.2) is 35.9 Å². The lowest BCUT2D eigenvalue weighted by atomic mass is 10.1. The first-order valence-electron chi connectivity index (χ1n) is 9.05.